The first-order valence-electron chi connectivity index (χ1n) is 9.18. The molecule has 2 heterocycles. The van der Waals surface area contributed by atoms with E-state index in [1.54, 1.807) is 0 Å². The second-order valence-corrected chi connectivity index (χ2v) is 7.47. The lowest BCUT2D eigenvalue weighted by atomic mass is 10.0. The molecular weight excluding hydrogens is 364 g/mol. The molecule has 0 bridgehead atoms. The van der Waals surface area contributed by atoms with Gasteiger partial charge in [0.2, 0.25) is 11.8 Å². The van der Waals surface area contributed by atoms with E-state index < -0.39 is 0 Å². The van der Waals surface area contributed by atoms with Crippen LogP contribution in [0.3, 0.4) is 0 Å². The SMILES string of the molecule is O=C1CCc2cc(OC3CN(C(=O)CCc4ccc(Cl)cc4)C3)ccc2N1. The Hall–Kier alpha value is -2.53. The fourth-order valence-corrected chi connectivity index (χ4v) is 3.53. The summed E-state index contributed by atoms with van der Waals surface area (Å²) in [6.07, 6.45) is 2.48. The van der Waals surface area contributed by atoms with Gasteiger partial charge >= 0.3 is 0 Å². The number of ether oxygens (including phenoxy) is 1. The van der Waals surface area contributed by atoms with Gasteiger partial charge in [-0.25, -0.2) is 0 Å². The minimum Gasteiger partial charge on any atom is -0.487 e. The molecule has 0 aromatic heterocycles. The van der Waals surface area contributed by atoms with E-state index in [9.17, 15) is 9.59 Å². The number of nitrogens with one attached hydrogen (secondary N) is 1. The Morgan fingerprint density at radius 1 is 1.15 bits per heavy atom. The molecule has 2 aliphatic heterocycles. The molecule has 27 heavy (non-hydrogen) atoms. The third kappa shape index (κ3) is 4.25. The van der Waals surface area contributed by atoms with E-state index in [2.05, 4.69) is 5.32 Å². The molecular formula is C21H21ClN2O3. The molecule has 0 spiro atoms. The Morgan fingerprint density at radius 3 is 2.70 bits per heavy atom. The average Bonchev–Trinajstić information content (AvgIpc) is 2.63. The maximum Gasteiger partial charge on any atom is 0.224 e. The minimum atomic E-state index is 0.0284. The second-order valence-electron chi connectivity index (χ2n) is 7.03. The van der Waals surface area contributed by atoms with Crippen molar-refractivity contribution in [3.63, 3.8) is 0 Å². The first-order valence-corrected chi connectivity index (χ1v) is 9.56. The van der Waals surface area contributed by atoms with Crippen LogP contribution in [0.5, 0.6) is 5.75 Å². The van der Waals surface area contributed by atoms with Crippen LogP contribution in [0.1, 0.15) is 24.0 Å². The fraction of sp³-hybridized carbons (Fsp3) is 0.333. The number of hydrogen-bond donors (Lipinski definition) is 1. The van der Waals surface area contributed by atoms with Crippen LogP contribution in [0, 0.1) is 0 Å². The first kappa shape index (κ1) is 17.9. The molecule has 0 atom stereocenters. The number of halogens is 1. The number of fused-ring (bicyclic) bond motifs is 1. The molecule has 2 aliphatic rings. The number of benzene rings is 2. The summed E-state index contributed by atoms with van der Waals surface area (Å²) in [7, 11) is 0. The number of hydrogen-bond acceptors (Lipinski definition) is 3. The summed E-state index contributed by atoms with van der Waals surface area (Å²) in [6.45, 7) is 1.24. The van der Waals surface area contributed by atoms with Gasteiger partial charge in [0.15, 0.2) is 0 Å². The summed E-state index contributed by atoms with van der Waals surface area (Å²) in [5.74, 6) is 1.00. The second kappa shape index (κ2) is 7.61. The van der Waals surface area contributed by atoms with Gasteiger partial charge in [0.05, 0.1) is 13.1 Å². The van der Waals surface area contributed by atoms with Gasteiger partial charge in [-0.15, -0.1) is 0 Å². The van der Waals surface area contributed by atoms with Gasteiger partial charge < -0.3 is 15.0 Å². The summed E-state index contributed by atoms with van der Waals surface area (Å²) >= 11 is 5.88. The highest BCUT2D eigenvalue weighted by molar-refractivity contribution is 6.30. The third-order valence-corrected chi connectivity index (χ3v) is 5.27. The minimum absolute atomic E-state index is 0.0284. The number of amides is 2. The predicted molar refractivity (Wildman–Crippen MR) is 104 cm³/mol. The highest BCUT2D eigenvalue weighted by atomic mass is 35.5. The van der Waals surface area contributed by atoms with Crippen LogP contribution in [-0.2, 0) is 22.4 Å². The average molecular weight is 385 g/mol. The van der Waals surface area contributed by atoms with Crippen LogP contribution in [-0.4, -0.2) is 35.9 Å². The Morgan fingerprint density at radius 2 is 1.93 bits per heavy atom. The van der Waals surface area contributed by atoms with Gasteiger partial charge in [0.1, 0.15) is 11.9 Å². The van der Waals surface area contributed by atoms with Crippen molar-refractivity contribution in [2.24, 2.45) is 0 Å². The molecule has 1 N–H and O–H groups in total. The molecule has 2 amide bonds. The Labute approximate surface area is 163 Å². The molecule has 1 saturated heterocycles. The van der Waals surface area contributed by atoms with E-state index in [-0.39, 0.29) is 17.9 Å². The molecule has 1 fully saturated rings. The number of carbonyl (C=O) groups is 2. The van der Waals surface area contributed by atoms with Crippen LogP contribution in [0.2, 0.25) is 5.02 Å². The Balaban J connectivity index is 1.24. The molecule has 6 heteroatoms. The molecule has 5 nitrogen and oxygen atoms in total. The number of anilines is 1. The summed E-state index contributed by atoms with van der Waals surface area (Å²) in [4.78, 5) is 25.5. The van der Waals surface area contributed by atoms with Crippen molar-refractivity contribution in [2.75, 3.05) is 18.4 Å². The monoisotopic (exact) mass is 384 g/mol. The smallest absolute Gasteiger partial charge is 0.224 e. The lowest BCUT2D eigenvalue weighted by Gasteiger charge is -2.39. The molecule has 2 aromatic carbocycles. The first-order chi connectivity index (χ1) is 13.1. The number of likely N-dealkylation sites (tertiary alicyclic amines) is 1. The van der Waals surface area contributed by atoms with Gasteiger partial charge in [0, 0.05) is 23.6 Å². The summed E-state index contributed by atoms with van der Waals surface area (Å²) < 4.78 is 5.98. The van der Waals surface area contributed by atoms with Crippen molar-refractivity contribution in [3.8, 4) is 5.75 Å². The van der Waals surface area contributed by atoms with Gasteiger partial charge in [-0.1, -0.05) is 23.7 Å². The normalized spacial score (nSPS) is 16.3. The maximum absolute atomic E-state index is 12.3. The molecule has 4 rings (SSSR count). The fourth-order valence-electron chi connectivity index (χ4n) is 3.40. The highest BCUT2D eigenvalue weighted by Gasteiger charge is 2.32. The zero-order valence-electron chi connectivity index (χ0n) is 14.9. The van der Waals surface area contributed by atoms with Gasteiger partial charge in [-0.2, -0.15) is 0 Å². The van der Waals surface area contributed by atoms with E-state index in [1.165, 1.54) is 0 Å². The van der Waals surface area contributed by atoms with Crippen molar-refractivity contribution in [2.45, 2.75) is 31.8 Å². The lowest BCUT2D eigenvalue weighted by Crippen LogP contribution is -2.56. The lowest BCUT2D eigenvalue weighted by molar-refractivity contribution is -0.139. The Bertz CT molecular complexity index is 860. The van der Waals surface area contributed by atoms with Crippen LogP contribution in [0.15, 0.2) is 42.5 Å². The van der Waals surface area contributed by atoms with Gasteiger partial charge in [-0.05, 0) is 54.3 Å². The van der Waals surface area contributed by atoms with Crippen molar-refractivity contribution in [1.82, 2.24) is 4.90 Å². The molecule has 140 valence electrons. The Kier molecular flexibility index (Phi) is 5.03. The van der Waals surface area contributed by atoms with Gasteiger partial charge in [-0.3, -0.25) is 9.59 Å². The van der Waals surface area contributed by atoms with E-state index in [4.69, 9.17) is 16.3 Å². The van der Waals surface area contributed by atoms with E-state index >= 15 is 0 Å². The molecule has 0 aliphatic carbocycles. The maximum atomic E-state index is 12.3. The van der Waals surface area contributed by atoms with Crippen molar-refractivity contribution >= 4 is 29.1 Å². The summed E-state index contributed by atoms with van der Waals surface area (Å²) in [5, 5.41) is 3.57. The summed E-state index contributed by atoms with van der Waals surface area (Å²) in [6, 6.07) is 13.3. The van der Waals surface area contributed by atoms with Crippen molar-refractivity contribution in [1.29, 1.82) is 0 Å². The standard InChI is InChI=1S/C21H21ClN2O3/c22-16-5-1-14(2-6-16)3-10-21(26)24-12-18(13-24)27-17-7-8-19-15(11-17)4-9-20(25)23-19/h1-2,5-8,11,18H,3-4,9-10,12-13H2,(H,23,25). The topological polar surface area (TPSA) is 58.6 Å². The van der Waals surface area contributed by atoms with Crippen LogP contribution < -0.4 is 10.1 Å². The van der Waals surface area contributed by atoms with Crippen LogP contribution in [0.4, 0.5) is 5.69 Å². The van der Waals surface area contributed by atoms with Crippen LogP contribution in [0.25, 0.3) is 0 Å². The number of carbonyl (C=O) groups excluding carboxylic acids is 2. The molecule has 0 radical (unpaired) electrons. The molecule has 0 saturated carbocycles. The predicted octanol–water partition coefficient (Wildman–Crippen LogP) is 3.45. The van der Waals surface area contributed by atoms with Gasteiger partial charge in [0.25, 0.3) is 0 Å². The quantitative estimate of drug-likeness (QED) is 0.859. The zero-order valence-corrected chi connectivity index (χ0v) is 15.7. The van der Waals surface area contributed by atoms with E-state index in [1.807, 2.05) is 47.4 Å². The molecule has 2 aromatic rings. The van der Waals surface area contributed by atoms with Crippen molar-refractivity contribution < 1.29 is 14.3 Å². The summed E-state index contributed by atoms with van der Waals surface area (Å²) in [5.41, 5.74) is 3.08. The third-order valence-electron chi connectivity index (χ3n) is 5.02. The van der Waals surface area contributed by atoms with E-state index in [0.717, 1.165) is 29.0 Å². The highest BCUT2D eigenvalue weighted by Crippen LogP contribution is 2.28. The van der Waals surface area contributed by atoms with E-state index in [0.29, 0.717) is 37.4 Å². The largest absolute Gasteiger partial charge is 0.487 e. The number of nitrogens with zero attached hydrogens (tertiary/aromatic N) is 1. The number of rotatable bonds is 5. The number of aryl methyl sites for hydroxylation is 2. The van der Waals surface area contributed by atoms with Crippen molar-refractivity contribution in [3.05, 3.63) is 58.6 Å². The van der Waals surface area contributed by atoms with Crippen LogP contribution >= 0.6 is 11.6 Å². The molecule has 0 unspecified atom stereocenters. The zero-order chi connectivity index (χ0) is 18.8.